The van der Waals surface area contributed by atoms with Crippen LogP contribution in [0.2, 0.25) is 0 Å². The van der Waals surface area contributed by atoms with Crippen molar-refractivity contribution in [1.82, 2.24) is 0 Å². The standard InChI is InChI=1S/C22H22F2O2/c1-14(2)26-22(25)18-10-8-16(20-13-17(23)9-11-21(20)24)12-19(18)15-6-4-3-5-7-15/h3-7,9,11-14,18-19H,8,10H2,1-2H3. The van der Waals surface area contributed by atoms with E-state index < -0.39 is 11.6 Å². The van der Waals surface area contributed by atoms with Crippen molar-refractivity contribution in [3.05, 3.63) is 77.4 Å². The molecule has 3 rings (SSSR count). The Morgan fingerprint density at radius 2 is 1.85 bits per heavy atom. The van der Waals surface area contributed by atoms with Gasteiger partial charge in [-0.25, -0.2) is 8.78 Å². The summed E-state index contributed by atoms with van der Waals surface area (Å²) >= 11 is 0. The topological polar surface area (TPSA) is 26.3 Å². The van der Waals surface area contributed by atoms with E-state index in [0.29, 0.717) is 12.8 Å². The summed E-state index contributed by atoms with van der Waals surface area (Å²) in [6.45, 7) is 3.64. The second-order valence-corrected chi connectivity index (χ2v) is 6.88. The monoisotopic (exact) mass is 356 g/mol. The zero-order valence-corrected chi connectivity index (χ0v) is 14.9. The van der Waals surface area contributed by atoms with Crippen LogP contribution in [0.1, 0.15) is 43.7 Å². The molecule has 2 aromatic rings. The molecule has 2 unspecified atom stereocenters. The van der Waals surface area contributed by atoms with Crippen LogP contribution in [-0.4, -0.2) is 12.1 Å². The van der Waals surface area contributed by atoms with Crippen molar-refractivity contribution in [3.8, 4) is 0 Å². The Bertz CT molecular complexity index is 812. The number of halogens is 2. The van der Waals surface area contributed by atoms with E-state index in [9.17, 15) is 13.6 Å². The molecule has 0 heterocycles. The lowest BCUT2D eigenvalue weighted by atomic mass is 9.75. The molecule has 26 heavy (non-hydrogen) atoms. The Hall–Kier alpha value is -2.49. The van der Waals surface area contributed by atoms with Crippen molar-refractivity contribution in [3.63, 3.8) is 0 Å². The minimum absolute atomic E-state index is 0.190. The van der Waals surface area contributed by atoms with Gasteiger partial charge in [0, 0.05) is 11.5 Å². The van der Waals surface area contributed by atoms with E-state index in [4.69, 9.17) is 4.74 Å². The van der Waals surface area contributed by atoms with Gasteiger partial charge in [-0.2, -0.15) is 0 Å². The number of hydrogen-bond acceptors (Lipinski definition) is 2. The fourth-order valence-corrected chi connectivity index (χ4v) is 3.46. The maximum Gasteiger partial charge on any atom is 0.310 e. The van der Waals surface area contributed by atoms with Crippen molar-refractivity contribution in [2.24, 2.45) is 5.92 Å². The van der Waals surface area contributed by atoms with Crippen LogP contribution in [0.4, 0.5) is 8.78 Å². The molecule has 2 atom stereocenters. The second-order valence-electron chi connectivity index (χ2n) is 6.88. The van der Waals surface area contributed by atoms with Gasteiger partial charge in [0.1, 0.15) is 11.6 Å². The summed E-state index contributed by atoms with van der Waals surface area (Å²) in [5.74, 6) is -1.73. The summed E-state index contributed by atoms with van der Waals surface area (Å²) in [6, 6.07) is 13.1. The number of carbonyl (C=O) groups is 1. The van der Waals surface area contributed by atoms with Gasteiger partial charge in [-0.3, -0.25) is 4.79 Å². The first kappa shape index (κ1) is 18.3. The minimum Gasteiger partial charge on any atom is -0.463 e. The van der Waals surface area contributed by atoms with Gasteiger partial charge in [-0.05, 0) is 56.0 Å². The number of rotatable bonds is 4. The zero-order chi connectivity index (χ0) is 18.7. The molecule has 0 amide bonds. The van der Waals surface area contributed by atoms with Gasteiger partial charge in [-0.1, -0.05) is 36.4 Å². The maximum atomic E-state index is 14.2. The Morgan fingerprint density at radius 1 is 1.12 bits per heavy atom. The SMILES string of the molecule is CC(C)OC(=O)C1CCC(c2cc(F)ccc2F)=CC1c1ccccc1. The van der Waals surface area contributed by atoms with Gasteiger partial charge in [0.15, 0.2) is 0 Å². The lowest BCUT2D eigenvalue weighted by Gasteiger charge is -2.30. The molecule has 0 saturated heterocycles. The quantitative estimate of drug-likeness (QED) is 0.677. The van der Waals surface area contributed by atoms with Crippen molar-refractivity contribution < 1.29 is 18.3 Å². The molecule has 0 saturated carbocycles. The highest BCUT2D eigenvalue weighted by Gasteiger charge is 2.34. The maximum absolute atomic E-state index is 14.2. The molecule has 4 heteroatoms. The number of hydrogen-bond donors (Lipinski definition) is 0. The minimum atomic E-state index is -0.472. The van der Waals surface area contributed by atoms with E-state index in [1.807, 2.05) is 50.3 Å². The molecule has 1 aliphatic rings. The number of benzene rings is 2. The van der Waals surface area contributed by atoms with Crippen LogP contribution < -0.4 is 0 Å². The molecule has 0 bridgehead atoms. The molecule has 1 aliphatic carbocycles. The lowest BCUT2D eigenvalue weighted by Crippen LogP contribution is -2.28. The summed E-state index contributed by atoms with van der Waals surface area (Å²) in [7, 11) is 0. The van der Waals surface area contributed by atoms with Crippen LogP contribution in [0.5, 0.6) is 0 Å². The van der Waals surface area contributed by atoms with E-state index in [2.05, 4.69) is 0 Å². The van der Waals surface area contributed by atoms with Crippen molar-refractivity contribution in [2.45, 2.75) is 38.7 Å². The molecule has 0 fully saturated rings. The summed E-state index contributed by atoms with van der Waals surface area (Å²) in [5.41, 5.74) is 1.96. The Kier molecular flexibility index (Phi) is 5.50. The predicted octanol–water partition coefficient (Wildman–Crippen LogP) is 5.49. The van der Waals surface area contributed by atoms with Gasteiger partial charge < -0.3 is 4.74 Å². The highest BCUT2D eigenvalue weighted by molar-refractivity contribution is 5.78. The molecular weight excluding hydrogens is 334 g/mol. The number of ether oxygens (including phenoxy) is 1. The molecular formula is C22H22F2O2. The lowest BCUT2D eigenvalue weighted by molar-refractivity contribution is -0.153. The van der Waals surface area contributed by atoms with Crippen LogP contribution >= 0.6 is 0 Å². The van der Waals surface area contributed by atoms with Crippen LogP contribution in [0.15, 0.2) is 54.6 Å². The first-order chi connectivity index (χ1) is 12.5. The number of esters is 1. The Morgan fingerprint density at radius 3 is 2.54 bits per heavy atom. The molecule has 0 radical (unpaired) electrons. The highest BCUT2D eigenvalue weighted by atomic mass is 19.1. The van der Waals surface area contributed by atoms with Gasteiger partial charge in [0.2, 0.25) is 0 Å². The number of carbonyl (C=O) groups excluding carboxylic acids is 1. The summed E-state index contributed by atoms with van der Waals surface area (Å²) in [4.78, 5) is 12.6. The van der Waals surface area contributed by atoms with Crippen molar-refractivity contribution in [2.75, 3.05) is 0 Å². The van der Waals surface area contributed by atoms with Crippen molar-refractivity contribution in [1.29, 1.82) is 0 Å². The highest BCUT2D eigenvalue weighted by Crippen LogP contribution is 2.41. The van der Waals surface area contributed by atoms with Gasteiger partial charge in [0.05, 0.1) is 12.0 Å². The number of allylic oxidation sites excluding steroid dienone is 2. The molecule has 0 aromatic heterocycles. The van der Waals surface area contributed by atoms with E-state index in [1.165, 1.54) is 6.07 Å². The average Bonchev–Trinajstić information content (AvgIpc) is 2.63. The normalized spacial score (nSPS) is 20.0. The zero-order valence-electron chi connectivity index (χ0n) is 14.9. The summed E-state index contributed by atoms with van der Waals surface area (Å²) in [6.07, 6.45) is 2.74. The molecule has 0 spiro atoms. The summed E-state index contributed by atoms with van der Waals surface area (Å²) in [5, 5.41) is 0. The van der Waals surface area contributed by atoms with Crippen molar-refractivity contribution >= 4 is 11.5 Å². The first-order valence-corrected chi connectivity index (χ1v) is 8.87. The smallest absolute Gasteiger partial charge is 0.310 e. The molecule has 136 valence electrons. The fourth-order valence-electron chi connectivity index (χ4n) is 3.46. The predicted molar refractivity (Wildman–Crippen MR) is 97.5 cm³/mol. The fraction of sp³-hybridized carbons (Fsp3) is 0.318. The third-order valence-electron chi connectivity index (χ3n) is 4.65. The van der Waals surface area contributed by atoms with Gasteiger partial charge in [-0.15, -0.1) is 0 Å². The molecule has 2 aromatic carbocycles. The molecule has 2 nitrogen and oxygen atoms in total. The Balaban J connectivity index is 2.01. The van der Waals surface area contributed by atoms with Gasteiger partial charge >= 0.3 is 5.97 Å². The van der Waals surface area contributed by atoms with E-state index >= 15 is 0 Å². The molecule has 0 N–H and O–H groups in total. The third kappa shape index (κ3) is 4.01. The largest absolute Gasteiger partial charge is 0.463 e. The van der Waals surface area contributed by atoms with Crippen LogP contribution in [0.3, 0.4) is 0 Å². The van der Waals surface area contributed by atoms with Crippen LogP contribution in [-0.2, 0) is 9.53 Å². The Labute approximate surface area is 152 Å². The second kappa shape index (κ2) is 7.81. The van der Waals surface area contributed by atoms with Gasteiger partial charge in [0.25, 0.3) is 0 Å². The van der Waals surface area contributed by atoms with E-state index in [1.54, 1.807) is 0 Å². The van der Waals surface area contributed by atoms with Crippen LogP contribution in [0, 0.1) is 17.6 Å². The summed E-state index contributed by atoms with van der Waals surface area (Å²) < 4.78 is 33.2. The molecule has 0 aliphatic heterocycles. The average molecular weight is 356 g/mol. The van der Waals surface area contributed by atoms with E-state index in [0.717, 1.165) is 23.3 Å². The third-order valence-corrected chi connectivity index (χ3v) is 4.65. The van der Waals surface area contributed by atoms with Crippen LogP contribution in [0.25, 0.3) is 5.57 Å². The van der Waals surface area contributed by atoms with E-state index in [-0.39, 0.29) is 29.5 Å². The first-order valence-electron chi connectivity index (χ1n) is 8.87.